The van der Waals surface area contributed by atoms with E-state index in [-0.39, 0.29) is 17.3 Å². The lowest BCUT2D eigenvalue weighted by Gasteiger charge is -1.96. The number of anilines is 1. The van der Waals surface area contributed by atoms with Crippen molar-refractivity contribution in [2.75, 3.05) is 5.43 Å². The fraction of sp³-hybridized carbons (Fsp3) is 0. The highest BCUT2D eigenvalue weighted by molar-refractivity contribution is 5.80. The van der Waals surface area contributed by atoms with Crippen molar-refractivity contribution in [1.29, 1.82) is 0 Å². The van der Waals surface area contributed by atoms with E-state index in [1.165, 1.54) is 6.21 Å². The molecule has 2 rings (SSSR count). The summed E-state index contributed by atoms with van der Waals surface area (Å²) in [6.07, 6.45) is 2.58. The molecular weight excluding hydrogens is 222 g/mol. The minimum atomic E-state index is -0.359. The van der Waals surface area contributed by atoms with Crippen LogP contribution in [-0.2, 0) is 0 Å². The van der Waals surface area contributed by atoms with Gasteiger partial charge in [0.2, 0.25) is 5.95 Å². The molecule has 0 aliphatic heterocycles. The van der Waals surface area contributed by atoms with Crippen molar-refractivity contribution in [3.63, 3.8) is 0 Å². The highest BCUT2D eigenvalue weighted by atomic mass is 16.3. The molecule has 0 unspecified atom stereocenters. The number of aromatic hydroxyl groups is 1. The minimum absolute atomic E-state index is 0.160. The Kier molecular flexibility index (Phi) is 3.10. The number of nitrogens with zero attached hydrogens (tertiary/aromatic N) is 3. The maximum Gasteiger partial charge on any atom is 0.271 e. The summed E-state index contributed by atoms with van der Waals surface area (Å²) >= 11 is 0. The van der Waals surface area contributed by atoms with Crippen LogP contribution in [0, 0.1) is 0 Å². The monoisotopic (exact) mass is 231 g/mol. The summed E-state index contributed by atoms with van der Waals surface area (Å²) in [5, 5.41) is 20.0. The number of rotatable bonds is 3. The SMILES string of the molecule is O=c1cnnc(N/N=C\c2ccc(O)cc2)[nH]1. The summed E-state index contributed by atoms with van der Waals surface area (Å²) in [5.41, 5.74) is 2.96. The maximum atomic E-state index is 10.9. The summed E-state index contributed by atoms with van der Waals surface area (Å²) in [6.45, 7) is 0. The fourth-order valence-electron chi connectivity index (χ4n) is 1.09. The molecule has 0 spiro atoms. The van der Waals surface area contributed by atoms with E-state index in [0.717, 1.165) is 11.8 Å². The predicted molar refractivity (Wildman–Crippen MR) is 62.0 cm³/mol. The second kappa shape index (κ2) is 4.88. The molecule has 0 aliphatic carbocycles. The van der Waals surface area contributed by atoms with Crippen LogP contribution in [0.15, 0.2) is 40.4 Å². The molecule has 0 saturated heterocycles. The zero-order chi connectivity index (χ0) is 12.1. The van der Waals surface area contributed by atoms with E-state index < -0.39 is 0 Å². The van der Waals surface area contributed by atoms with Crippen molar-refractivity contribution in [3.8, 4) is 5.75 Å². The number of phenolic OH excluding ortho intramolecular Hbond substituents is 1. The number of H-pyrrole nitrogens is 1. The average Bonchev–Trinajstić information content (AvgIpc) is 2.32. The molecule has 17 heavy (non-hydrogen) atoms. The summed E-state index contributed by atoms with van der Waals surface area (Å²) < 4.78 is 0. The number of aromatic nitrogens is 3. The average molecular weight is 231 g/mol. The zero-order valence-corrected chi connectivity index (χ0v) is 8.66. The van der Waals surface area contributed by atoms with Crippen molar-refractivity contribution in [3.05, 3.63) is 46.4 Å². The number of hydrogen-bond acceptors (Lipinski definition) is 6. The molecule has 0 aliphatic rings. The van der Waals surface area contributed by atoms with Gasteiger partial charge >= 0.3 is 0 Å². The number of aromatic amines is 1. The molecule has 0 amide bonds. The molecule has 7 nitrogen and oxygen atoms in total. The quantitative estimate of drug-likeness (QED) is 0.521. The summed E-state index contributed by atoms with van der Waals surface area (Å²) in [6, 6.07) is 6.48. The van der Waals surface area contributed by atoms with Gasteiger partial charge in [-0.1, -0.05) is 0 Å². The molecule has 1 aromatic heterocycles. The first kappa shape index (κ1) is 10.8. The van der Waals surface area contributed by atoms with Crippen molar-refractivity contribution in [2.45, 2.75) is 0 Å². The van der Waals surface area contributed by atoms with Crippen LogP contribution in [0.4, 0.5) is 5.95 Å². The van der Waals surface area contributed by atoms with Gasteiger partial charge in [-0.3, -0.25) is 9.78 Å². The molecule has 7 heteroatoms. The molecule has 0 bridgehead atoms. The van der Waals surface area contributed by atoms with Crippen molar-refractivity contribution >= 4 is 12.2 Å². The number of benzene rings is 1. The van der Waals surface area contributed by atoms with E-state index in [2.05, 4.69) is 25.7 Å². The molecule has 0 saturated carbocycles. The molecule has 0 radical (unpaired) electrons. The Morgan fingerprint density at radius 1 is 1.35 bits per heavy atom. The minimum Gasteiger partial charge on any atom is -0.508 e. The van der Waals surface area contributed by atoms with Gasteiger partial charge in [-0.15, -0.1) is 10.2 Å². The van der Waals surface area contributed by atoms with E-state index in [4.69, 9.17) is 5.11 Å². The first-order chi connectivity index (χ1) is 8.24. The van der Waals surface area contributed by atoms with Crippen molar-refractivity contribution in [1.82, 2.24) is 15.2 Å². The van der Waals surface area contributed by atoms with E-state index in [9.17, 15) is 4.79 Å². The van der Waals surface area contributed by atoms with Gasteiger partial charge in [0.1, 0.15) is 11.9 Å². The topological polar surface area (TPSA) is 103 Å². The molecule has 1 aromatic carbocycles. The highest BCUT2D eigenvalue weighted by Crippen LogP contribution is 2.07. The Morgan fingerprint density at radius 2 is 2.12 bits per heavy atom. The number of hydrogen-bond donors (Lipinski definition) is 3. The van der Waals surface area contributed by atoms with Crippen LogP contribution in [0.2, 0.25) is 0 Å². The van der Waals surface area contributed by atoms with Crippen LogP contribution in [0.5, 0.6) is 5.75 Å². The maximum absolute atomic E-state index is 10.9. The summed E-state index contributed by atoms with van der Waals surface area (Å²) in [5.74, 6) is 0.348. The zero-order valence-electron chi connectivity index (χ0n) is 8.66. The highest BCUT2D eigenvalue weighted by Gasteiger charge is 1.92. The van der Waals surface area contributed by atoms with Crippen LogP contribution >= 0.6 is 0 Å². The summed E-state index contributed by atoms with van der Waals surface area (Å²) in [7, 11) is 0. The Hall–Kier alpha value is -2.70. The van der Waals surface area contributed by atoms with E-state index in [0.29, 0.717) is 0 Å². The Balaban J connectivity index is 2.02. The van der Waals surface area contributed by atoms with Crippen LogP contribution < -0.4 is 11.0 Å². The molecule has 0 fully saturated rings. The van der Waals surface area contributed by atoms with Crippen LogP contribution in [-0.4, -0.2) is 26.5 Å². The molecule has 2 aromatic rings. The van der Waals surface area contributed by atoms with Gasteiger partial charge in [-0.05, 0) is 29.8 Å². The lowest BCUT2D eigenvalue weighted by molar-refractivity contribution is 0.475. The lowest BCUT2D eigenvalue weighted by atomic mass is 10.2. The Morgan fingerprint density at radius 3 is 2.82 bits per heavy atom. The fourth-order valence-corrected chi connectivity index (χ4v) is 1.09. The van der Waals surface area contributed by atoms with Crippen molar-refractivity contribution in [2.24, 2.45) is 5.10 Å². The second-order valence-corrected chi connectivity index (χ2v) is 3.14. The van der Waals surface area contributed by atoms with Gasteiger partial charge in [-0.25, -0.2) is 5.43 Å². The van der Waals surface area contributed by atoms with Gasteiger partial charge in [0, 0.05) is 0 Å². The number of phenols is 1. The van der Waals surface area contributed by atoms with E-state index >= 15 is 0 Å². The molecule has 1 heterocycles. The Bertz CT molecular complexity index is 576. The molecule has 0 atom stereocenters. The molecule has 86 valence electrons. The Labute approximate surface area is 95.9 Å². The van der Waals surface area contributed by atoms with E-state index in [1.807, 2.05) is 0 Å². The molecule has 3 N–H and O–H groups in total. The van der Waals surface area contributed by atoms with Crippen LogP contribution in [0.3, 0.4) is 0 Å². The van der Waals surface area contributed by atoms with Gasteiger partial charge in [0.25, 0.3) is 5.56 Å². The smallest absolute Gasteiger partial charge is 0.271 e. The third-order valence-electron chi connectivity index (χ3n) is 1.85. The standard InChI is InChI=1S/C10H9N5O2/c16-8-3-1-7(2-4-8)5-11-14-10-13-9(17)6-12-15-10/h1-6,16H,(H2,13,14,15,17)/b11-5-. The van der Waals surface area contributed by atoms with Gasteiger partial charge < -0.3 is 5.11 Å². The second-order valence-electron chi connectivity index (χ2n) is 3.14. The van der Waals surface area contributed by atoms with Crippen LogP contribution in [0.25, 0.3) is 0 Å². The van der Waals surface area contributed by atoms with Gasteiger partial charge in [0.15, 0.2) is 0 Å². The third-order valence-corrected chi connectivity index (χ3v) is 1.85. The predicted octanol–water partition coefficient (Wildman–Crippen LogP) is 0.316. The first-order valence-corrected chi connectivity index (χ1v) is 4.74. The first-order valence-electron chi connectivity index (χ1n) is 4.74. The summed E-state index contributed by atoms with van der Waals surface area (Å²) in [4.78, 5) is 13.3. The normalized spacial score (nSPS) is 10.6. The van der Waals surface area contributed by atoms with Crippen LogP contribution in [0.1, 0.15) is 5.56 Å². The third kappa shape index (κ3) is 3.13. The largest absolute Gasteiger partial charge is 0.508 e. The van der Waals surface area contributed by atoms with Gasteiger partial charge in [0.05, 0.1) is 6.21 Å². The number of nitrogens with one attached hydrogen (secondary N) is 2. The lowest BCUT2D eigenvalue weighted by Crippen LogP contribution is -2.10. The van der Waals surface area contributed by atoms with Gasteiger partial charge in [-0.2, -0.15) is 5.10 Å². The van der Waals surface area contributed by atoms with E-state index in [1.54, 1.807) is 24.3 Å². The molecular formula is C10H9N5O2. The van der Waals surface area contributed by atoms with Crippen molar-refractivity contribution < 1.29 is 5.11 Å². The number of hydrazone groups is 1.